The SMILES string of the molecule is CCCCOCC1OC(=O)C(C)C(OCCCC)[C@@H]1OCCCC. The van der Waals surface area contributed by atoms with E-state index in [1.807, 2.05) is 6.92 Å². The third kappa shape index (κ3) is 7.08. The van der Waals surface area contributed by atoms with E-state index in [1.165, 1.54) is 0 Å². The lowest BCUT2D eigenvalue weighted by Gasteiger charge is -2.40. The smallest absolute Gasteiger partial charge is 0.311 e. The largest absolute Gasteiger partial charge is 0.457 e. The molecule has 1 rings (SSSR count). The summed E-state index contributed by atoms with van der Waals surface area (Å²) in [4.78, 5) is 12.2. The van der Waals surface area contributed by atoms with Gasteiger partial charge in [-0.1, -0.05) is 40.0 Å². The van der Waals surface area contributed by atoms with Gasteiger partial charge in [-0.2, -0.15) is 0 Å². The van der Waals surface area contributed by atoms with Crippen LogP contribution in [0.3, 0.4) is 0 Å². The fraction of sp³-hybridized carbons (Fsp3) is 0.947. The van der Waals surface area contributed by atoms with Crippen molar-refractivity contribution in [3.63, 3.8) is 0 Å². The molecular weight excluding hydrogens is 308 g/mol. The normalized spacial score (nSPS) is 27.2. The standard InChI is InChI=1S/C19H36O5/c1-5-8-11-21-14-16-18(23-13-10-7-3)17(22-12-9-6-2)15(4)19(20)24-16/h15-18H,5-14H2,1-4H3/t15?,16?,17?,18-/m1/s1. The van der Waals surface area contributed by atoms with E-state index in [2.05, 4.69) is 20.8 Å². The Hall–Kier alpha value is -0.650. The molecule has 0 radical (unpaired) electrons. The van der Waals surface area contributed by atoms with Gasteiger partial charge in [0.2, 0.25) is 0 Å². The van der Waals surface area contributed by atoms with E-state index in [1.54, 1.807) is 0 Å². The second-order valence-corrected chi connectivity index (χ2v) is 6.57. The summed E-state index contributed by atoms with van der Waals surface area (Å²) in [7, 11) is 0. The van der Waals surface area contributed by atoms with Crippen molar-refractivity contribution in [2.75, 3.05) is 26.4 Å². The first kappa shape index (κ1) is 21.4. The van der Waals surface area contributed by atoms with Crippen LogP contribution in [0.5, 0.6) is 0 Å². The molecular formula is C19H36O5. The Labute approximate surface area is 147 Å². The fourth-order valence-electron chi connectivity index (χ4n) is 2.70. The molecule has 4 atom stereocenters. The molecule has 0 N–H and O–H groups in total. The zero-order valence-electron chi connectivity index (χ0n) is 15.9. The van der Waals surface area contributed by atoms with E-state index < -0.39 is 0 Å². The first-order chi connectivity index (χ1) is 11.7. The van der Waals surface area contributed by atoms with E-state index in [0.717, 1.165) is 38.5 Å². The van der Waals surface area contributed by atoms with Gasteiger partial charge >= 0.3 is 5.97 Å². The summed E-state index contributed by atoms with van der Waals surface area (Å²) < 4.78 is 23.4. The third-order valence-corrected chi connectivity index (χ3v) is 4.36. The van der Waals surface area contributed by atoms with Crippen LogP contribution >= 0.6 is 0 Å². The Balaban J connectivity index is 2.69. The molecule has 1 saturated heterocycles. The third-order valence-electron chi connectivity index (χ3n) is 4.36. The topological polar surface area (TPSA) is 54.0 Å². The fourth-order valence-corrected chi connectivity index (χ4v) is 2.70. The highest BCUT2D eigenvalue weighted by molar-refractivity contribution is 5.74. The van der Waals surface area contributed by atoms with E-state index in [9.17, 15) is 4.79 Å². The average Bonchev–Trinajstić information content (AvgIpc) is 2.58. The Bertz CT molecular complexity index is 334. The molecule has 0 aliphatic carbocycles. The maximum absolute atomic E-state index is 12.2. The molecule has 0 aromatic carbocycles. The van der Waals surface area contributed by atoms with Crippen molar-refractivity contribution in [1.82, 2.24) is 0 Å². The van der Waals surface area contributed by atoms with Crippen molar-refractivity contribution in [2.24, 2.45) is 5.92 Å². The molecule has 1 aliphatic rings. The molecule has 0 spiro atoms. The van der Waals surface area contributed by atoms with Gasteiger partial charge in [-0.3, -0.25) is 4.79 Å². The quantitative estimate of drug-likeness (QED) is 0.376. The van der Waals surface area contributed by atoms with Crippen LogP contribution in [0.15, 0.2) is 0 Å². The maximum Gasteiger partial charge on any atom is 0.311 e. The van der Waals surface area contributed by atoms with Crippen LogP contribution in [0.4, 0.5) is 0 Å². The van der Waals surface area contributed by atoms with Crippen LogP contribution in [-0.4, -0.2) is 50.7 Å². The molecule has 1 fully saturated rings. The van der Waals surface area contributed by atoms with Crippen LogP contribution in [0.25, 0.3) is 0 Å². The monoisotopic (exact) mass is 344 g/mol. The maximum atomic E-state index is 12.2. The van der Waals surface area contributed by atoms with Gasteiger partial charge in [0.25, 0.3) is 0 Å². The second kappa shape index (κ2) is 12.7. The molecule has 5 heteroatoms. The summed E-state index contributed by atoms with van der Waals surface area (Å²) in [6, 6.07) is 0. The molecule has 24 heavy (non-hydrogen) atoms. The Kier molecular flexibility index (Phi) is 11.3. The van der Waals surface area contributed by atoms with Crippen LogP contribution in [0, 0.1) is 5.92 Å². The summed E-state index contributed by atoms with van der Waals surface area (Å²) in [5.41, 5.74) is 0. The molecule has 0 aromatic heterocycles. The molecule has 0 aromatic rings. The van der Waals surface area contributed by atoms with E-state index in [-0.39, 0.29) is 30.2 Å². The summed E-state index contributed by atoms with van der Waals surface area (Å²) in [6.07, 6.45) is 5.32. The highest BCUT2D eigenvalue weighted by atomic mass is 16.6. The van der Waals surface area contributed by atoms with Crippen molar-refractivity contribution in [3.8, 4) is 0 Å². The van der Waals surface area contributed by atoms with Crippen LogP contribution in [0.1, 0.15) is 66.2 Å². The van der Waals surface area contributed by atoms with Crippen LogP contribution < -0.4 is 0 Å². The number of hydrogen-bond donors (Lipinski definition) is 0. The van der Waals surface area contributed by atoms with E-state index in [4.69, 9.17) is 18.9 Å². The van der Waals surface area contributed by atoms with Crippen molar-refractivity contribution < 1.29 is 23.7 Å². The molecule has 5 nitrogen and oxygen atoms in total. The highest BCUT2D eigenvalue weighted by Crippen LogP contribution is 2.27. The van der Waals surface area contributed by atoms with Gasteiger partial charge in [-0.15, -0.1) is 0 Å². The molecule has 3 unspecified atom stereocenters. The Morgan fingerprint density at radius 1 is 0.875 bits per heavy atom. The van der Waals surface area contributed by atoms with Crippen molar-refractivity contribution in [2.45, 2.75) is 84.5 Å². The van der Waals surface area contributed by atoms with Gasteiger partial charge in [0.15, 0.2) is 6.10 Å². The van der Waals surface area contributed by atoms with Crippen LogP contribution in [-0.2, 0) is 23.7 Å². The van der Waals surface area contributed by atoms with Gasteiger partial charge in [0.05, 0.1) is 12.5 Å². The lowest BCUT2D eigenvalue weighted by Crippen LogP contribution is -2.55. The lowest BCUT2D eigenvalue weighted by molar-refractivity contribution is -0.214. The number of unbranched alkanes of at least 4 members (excludes halogenated alkanes) is 3. The minimum atomic E-state index is -0.381. The van der Waals surface area contributed by atoms with Gasteiger partial charge < -0.3 is 18.9 Å². The second-order valence-electron chi connectivity index (χ2n) is 6.57. The molecule has 0 bridgehead atoms. The first-order valence-electron chi connectivity index (χ1n) is 9.67. The lowest BCUT2D eigenvalue weighted by atomic mass is 9.92. The number of carbonyl (C=O) groups excluding carboxylic acids is 1. The van der Waals surface area contributed by atoms with E-state index in [0.29, 0.717) is 26.4 Å². The number of ether oxygens (including phenoxy) is 4. The average molecular weight is 344 g/mol. The zero-order chi connectivity index (χ0) is 17.8. The number of esters is 1. The number of rotatable bonds is 13. The van der Waals surface area contributed by atoms with Gasteiger partial charge in [0.1, 0.15) is 12.2 Å². The highest BCUT2D eigenvalue weighted by Gasteiger charge is 2.45. The summed E-state index contributed by atoms with van der Waals surface area (Å²) >= 11 is 0. The van der Waals surface area contributed by atoms with Gasteiger partial charge in [-0.05, 0) is 26.2 Å². The molecule has 142 valence electrons. The molecule has 0 amide bonds. The summed E-state index contributed by atoms with van der Waals surface area (Å²) in [6.45, 7) is 10.6. The van der Waals surface area contributed by atoms with Crippen molar-refractivity contribution in [1.29, 1.82) is 0 Å². The Morgan fingerprint density at radius 3 is 2.00 bits per heavy atom. The number of cyclic esters (lactones) is 1. The Morgan fingerprint density at radius 2 is 1.42 bits per heavy atom. The van der Waals surface area contributed by atoms with Crippen LogP contribution in [0.2, 0.25) is 0 Å². The summed E-state index contributed by atoms with van der Waals surface area (Å²) in [5.74, 6) is -0.517. The molecule has 1 aliphatic heterocycles. The minimum Gasteiger partial charge on any atom is -0.457 e. The minimum absolute atomic E-state index is 0.212. The molecule has 0 saturated carbocycles. The summed E-state index contributed by atoms with van der Waals surface area (Å²) in [5, 5.41) is 0. The predicted molar refractivity (Wildman–Crippen MR) is 94.1 cm³/mol. The van der Waals surface area contributed by atoms with E-state index >= 15 is 0 Å². The van der Waals surface area contributed by atoms with Crippen molar-refractivity contribution in [3.05, 3.63) is 0 Å². The van der Waals surface area contributed by atoms with Crippen molar-refractivity contribution >= 4 is 5.97 Å². The first-order valence-corrected chi connectivity index (χ1v) is 9.67. The molecule has 1 heterocycles. The number of hydrogen-bond acceptors (Lipinski definition) is 5. The predicted octanol–water partition coefficient (Wildman–Crippen LogP) is 3.74. The van der Waals surface area contributed by atoms with Gasteiger partial charge in [-0.25, -0.2) is 0 Å². The number of carbonyl (C=O) groups is 1. The zero-order valence-corrected chi connectivity index (χ0v) is 15.9. The van der Waals surface area contributed by atoms with Gasteiger partial charge in [0, 0.05) is 19.8 Å².